The van der Waals surface area contributed by atoms with Crippen LogP contribution in [0.5, 0.6) is 0 Å². The number of nitrogens with zero attached hydrogens (tertiary/aromatic N) is 1. The van der Waals surface area contributed by atoms with E-state index in [1.165, 1.54) is 18.4 Å². The fourth-order valence-corrected chi connectivity index (χ4v) is 4.81. The zero-order valence-electron chi connectivity index (χ0n) is 13.1. The van der Waals surface area contributed by atoms with Gasteiger partial charge in [0.2, 0.25) is 0 Å². The van der Waals surface area contributed by atoms with Crippen LogP contribution in [0.4, 0.5) is 0 Å². The Morgan fingerprint density at radius 3 is 2.40 bits per heavy atom. The Bertz CT molecular complexity index is 483. The van der Waals surface area contributed by atoms with Gasteiger partial charge in [0.15, 0.2) is 0 Å². The van der Waals surface area contributed by atoms with E-state index < -0.39 is 0 Å². The van der Waals surface area contributed by atoms with Crippen LogP contribution in [0, 0.1) is 16.7 Å². The Morgan fingerprint density at radius 1 is 1.20 bits per heavy atom. The highest BCUT2D eigenvalue weighted by Gasteiger charge is 2.66. The molecular formula is C18H27NO. The summed E-state index contributed by atoms with van der Waals surface area (Å²) in [7, 11) is 2.17. The van der Waals surface area contributed by atoms with Crippen molar-refractivity contribution in [1.82, 2.24) is 4.90 Å². The molecule has 1 aromatic carbocycles. The van der Waals surface area contributed by atoms with Gasteiger partial charge in [-0.2, -0.15) is 0 Å². The second kappa shape index (κ2) is 4.57. The summed E-state index contributed by atoms with van der Waals surface area (Å²) in [6.45, 7) is 7.91. The van der Waals surface area contributed by atoms with E-state index in [4.69, 9.17) is 0 Å². The Balaban J connectivity index is 1.82. The molecular weight excluding hydrogens is 246 g/mol. The molecule has 2 heteroatoms. The minimum atomic E-state index is -0.204. The molecule has 0 saturated heterocycles. The number of aliphatic hydroxyl groups is 1. The molecule has 1 N–H and O–H groups in total. The van der Waals surface area contributed by atoms with Gasteiger partial charge in [-0.25, -0.2) is 0 Å². The van der Waals surface area contributed by atoms with Crippen LogP contribution in [0.15, 0.2) is 30.3 Å². The second-order valence-electron chi connectivity index (χ2n) is 7.62. The standard InChI is InChI=1S/C18H27NO/c1-17(2)14-10-11-18(17,3)16(20)15(14)19(4)12-13-8-6-5-7-9-13/h5-9,14-16,20H,10-12H2,1-4H3/t14-,15-,16-,18+/m1/s1. The quantitative estimate of drug-likeness (QED) is 0.913. The first-order chi connectivity index (χ1) is 9.38. The predicted octanol–water partition coefficient (Wildman–Crippen LogP) is 3.30. The largest absolute Gasteiger partial charge is 0.391 e. The smallest absolute Gasteiger partial charge is 0.0756 e. The van der Waals surface area contributed by atoms with E-state index in [1.807, 2.05) is 0 Å². The van der Waals surface area contributed by atoms with Gasteiger partial charge in [-0.3, -0.25) is 4.90 Å². The average Bonchev–Trinajstić information content (AvgIpc) is 2.72. The van der Waals surface area contributed by atoms with Crippen LogP contribution in [0.1, 0.15) is 39.2 Å². The number of hydrogen-bond acceptors (Lipinski definition) is 2. The predicted molar refractivity (Wildman–Crippen MR) is 82.3 cm³/mol. The van der Waals surface area contributed by atoms with Gasteiger partial charge < -0.3 is 5.11 Å². The molecule has 1 aromatic rings. The van der Waals surface area contributed by atoms with Gasteiger partial charge in [-0.15, -0.1) is 0 Å². The monoisotopic (exact) mass is 273 g/mol. The van der Waals surface area contributed by atoms with Gasteiger partial charge in [-0.1, -0.05) is 51.1 Å². The van der Waals surface area contributed by atoms with E-state index >= 15 is 0 Å². The van der Waals surface area contributed by atoms with E-state index in [9.17, 15) is 5.11 Å². The molecule has 0 heterocycles. The van der Waals surface area contributed by atoms with E-state index in [2.05, 4.69) is 63.1 Å². The number of hydrogen-bond donors (Lipinski definition) is 1. The van der Waals surface area contributed by atoms with Crippen LogP contribution in [0.2, 0.25) is 0 Å². The lowest BCUT2D eigenvalue weighted by Gasteiger charge is -2.39. The highest BCUT2D eigenvalue weighted by molar-refractivity contribution is 5.19. The molecule has 0 aliphatic heterocycles. The zero-order chi connectivity index (χ0) is 14.5. The Morgan fingerprint density at radius 2 is 1.85 bits per heavy atom. The van der Waals surface area contributed by atoms with Crippen LogP contribution in [0.3, 0.4) is 0 Å². The van der Waals surface area contributed by atoms with Crippen molar-refractivity contribution >= 4 is 0 Å². The number of likely N-dealkylation sites (N-methyl/N-ethyl adjacent to an activating group) is 1. The van der Waals surface area contributed by atoms with Gasteiger partial charge in [-0.05, 0) is 36.8 Å². The van der Waals surface area contributed by atoms with Crippen LogP contribution < -0.4 is 0 Å². The maximum atomic E-state index is 10.9. The molecule has 0 spiro atoms. The first-order valence-electron chi connectivity index (χ1n) is 7.80. The maximum absolute atomic E-state index is 10.9. The van der Waals surface area contributed by atoms with Crippen LogP contribution in [-0.2, 0) is 6.54 Å². The second-order valence-corrected chi connectivity index (χ2v) is 7.62. The minimum Gasteiger partial charge on any atom is -0.391 e. The maximum Gasteiger partial charge on any atom is 0.0756 e. The lowest BCUT2D eigenvalue weighted by molar-refractivity contribution is -0.0264. The molecule has 2 saturated carbocycles. The number of fused-ring (bicyclic) bond motifs is 2. The Kier molecular flexibility index (Phi) is 3.22. The first kappa shape index (κ1) is 14.1. The molecule has 2 aliphatic carbocycles. The summed E-state index contributed by atoms with van der Waals surface area (Å²) in [6.07, 6.45) is 2.22. The van der Waals surface area contributed by atoms with Crippen molar-refractivity contribution in [2.45, 2.75) is 52.3 Å². The van der Waals surface area contributed by atoms with Gasteiger partial charge in [0.25, 0.3) is 0 Å². The summed E-state index contributed by atoms with van der Waals surface area (Å²) in [4.78, 5) is 2.37. The number of rotatable bonds is 3. The number of benzene rings is 1. The van der Waals surface area contributed by atoms with Crippen molar-refractivity contribution in [3.8, 4) is 0 Å². The van der Waals surface area contributed by atoms with Gasteiger partial charge in [0.1, 0.15) is 0 Å². The molecule has 0 unspecified atom stereocenters. The minimum absolute atomic E-state index is 0.0767. The number of aliphatic hydroxyl groups excluding tert-OH is 1. The van der Waals surface area contributed by atoms with Crippen molar-refractivity contribution in [2.75, 3.05) is 7.05 Å². The summed E-state index contributed by atoms with van der Waals surface area (Å²) in [5.41, 5.74) is 1.64. The van der Waals surface area contributed by atoms with Gasteiger partial charge in [0.05, 0.1) is 6.10 Å². The molecule has 0 radical (unpaired) electrons. The SMILES string of the molecule is CN(Cc1ccccc1)[C@@H]1[C@H]2CC[C@@](C)([C@@H]1O)C2(C)C. The molecule has 20 heavy (non-hydrogen) atoms. The summed E-state index contributed by atoms with van der Waals surface area (Å²) in [5, 5.41) is 10.9. The molecule has 4 atom stereocenters. The van der Waals surface area contributed by atoms with Crippen molar-refractivity contribution < 1.29 is 5.11 Å². The van der Waals surface area contributed by atoms with E-state index in [-0.39, 0.29) is 16.9 Å². The summed E-state index contributed by atoms with van der Waals surface area (Å²) in [6, 6.07) is 10.9. The third kappa shape index (κ3) is 1.78. The van der Waals surface area contributed by atoms with Crippen molar-refractivity contribution in [2.24, 2.45) is 16.7 Å². The van der Waals surface area contributed by atoms with E-state index in [0.717, 1.165) is 6.54 Å². The lowest BCUT2D eigenvalue weighted by atomic mass is 9.70. The summed E-state index contributed by atoms with van der Waals surface area (Å²) in [5.74, 6) is 0.608. The average molecular weight is 273 g/mol. The topological polar surface area (TPSA) is 23.5 Å². The highest BCUT2D eigenvalue weighted by atomic mass is 16.3. The van der Waals surface area contributed by atoms with E-state index in [0.29, 0.717) is 12.0 Å². The van der Waals surface area contributed by atoms with Crippen molar-refractivity contribution in [3.63, 3.8) is 0 Å². The Hall–Kier alpha value is -0.860. The highest BCUT2D eigenvalue weighted by Crippen LogP contribution is 2.66. The fraction of sp³-hybridized carbons (Fsp3) is 0.667. The molecule has 2 bridgehead atoms. The molecule has 110 valence electrons. The summed E-state index contributed by atoms with van der Waals surface area (Å²) < 4.78 is 0. The molecule has 2 nitrogen and oxygen atoms in total. The molecule has 2 aliphatic rings. The first-order valence-corrected chi connectivity index (χ1v) is 7.80. The van der Waals surface area contributed by atoms with Gasteiger partial charge >= 0.3 is 0 Å². The molecule has 3 rings (SSSR count). The van der Waals surface area contributed by atoms with Crippen LogP contribution in [0.25, 0.3) is 0 Å². The zero-order valence-corrected chi connectivity index (χ0v) is 13.1. The lowest BCUT2D eigenvalue weighted by Crippen LogP contribution is -2.47. The molecule has 0 aromatic heterocycles. The third-order valence-corrected chi connectivity index (χ3v) is 6.55. The van der Waals surface area contributed by atoms with E-state index in [1.54, 1.807) is 0 Å². The van der Waals surface area contributed by atoms with Gasteiger partial charge in [0, 0.05) is 18.0 Å². The molecule has 2 fully saturated rings. The fourth-order valence-electron chi connectivity index (χ4n) is 4.81. The van der Waals surface area contributed by atoms with Crippen LogP contribution >= 0.6 is 0 Å². The van der Waals surface area contributed by atoms with Crippen molar-refractivity contribution in [1.29, 1.82) is 0 Å². The van der Waals surface area contributed by atoms with Crippen LogP contribution in [-0.4, -0.2) is 29.2 Å². The Labute approximate surface area is 122 Å². The normalized spacial score (nSPS) is 38.6. The van der Waals surface area contributed by atoms with Crippen molar-refractivity contribution in [3.05, 3.63) is 35.9 Å². The third-order valence-electron chi connectivity index (χ3n) is 6.55. The molecule has 0 amide bonds. The summed E-state index contributed by atoms with van der Waals surface area (Å²) >= 11 is 0.